The van der Waals surface area contributed by atoms with Gasteiger partial charge in [-0.2, -0.15) is 0 Å². The second kappa shape index (κ2) is 46.1. The molecule has 3 N–H and O–H groups in total. The lowest BCUT2D eigenvalue weighted by molar-refractivity contribution is -0.151. The Balaban J connectivity index is 4.85. The van der Waals surface area contributed by atoms with Crippen LogP contribution in [-0.4, -0.2) is 46.9 Å². The van der Waals surface area contributed by atoms with Gasteiger partial charge in [-0.05, 0) is 57.8 Å². The van der Waals surface area contributed by atoms with Crippen molar-refractivity contribution >= 4 is 11.9 Å². The van der Waals surface area contributed by atoms with Crippen molar-refractivity contribution in [2.45, 2.75) is 187 Å². The van der Waals surface area contributed by atoms with Crippen LogP contribution in [0, 0.1) is 0 Å². The lowest BCUT2D eigenvalue weighted by Gasteiger charge is -2.24. The summed E-state index contributed by atoms with van der Waals surface area (Å²) in [6, 6.07) is -0.743. The summed E-state index contributed by atoms with van der Waals surface area (Å²) >= 11 is 0. The zero-order valence-electron chi connectivity index (χ0n) is 38.0. The minimum atomic E-state index is -0.823. The van der Waals surface area contributed by atoms with Crippen LogP contribution in [0.5, 0.6) is 0 Å². The van der Waals surface area contributed by atoms with E-state index in [0.717, 1.165) is 70.6 Å². The van der Waals surface area contributed by atoms with Crippen LogP contribution in [0.25, 0.3) is 0 Å². The highest BCUT2D eigenvalue weighted by Gasteiger charge is 2.24. The summed E-state index contributed by atoms with van der Waals surface area (Å²) in [7, 11) is 0. The number of nitrogens with one attached hydrogen (secondary N) is 1. The van der Waals surface area contributed by atoms with Gasteiger partial charge >= 0.3 is 5.97 Å². The standard InChI is InChI=1S/C54H85NO5/c1-4-7-10-13-16-19-22-24-25-26-27-29-32-35-38-41-44-47-54(59)60-50(45-42-39-36-33-31-28-23-20-17-14-11-8-5-2)48-53(58)55-51(49-56)52(57)46-43-40-37-34-30-21-18-15-12-9-6-3/h7-8,10-11,13-14,16-17,19-20,22-29,31-33,36,50-52,56-57H,4-6,9,12,15,18,21,30,34-35,37-49H2,1-3H3,(H,55,58)/b10-7-,11-8+,16-13+,17-14+,22-19+,23-20-,25-24-,27-26+,31-28-,32-29+,36-33+. The lowest BCUT2D eigenvalue weighted by Crippen LogP contribution is -2.46. The SMILES string of the molecule is CC\C=C/C=C/C=C/C=C\C=C\C=C\CCCCCC(=O)OC(CCC/C=C/C=C\C=C/C=C/C=C/CC)CC(=O)NC(CO)C(O)CCCCCCCCCCCCC. The summed E-state index contributed by atoms with van der Waals surface area (Å²) in [6.45, 7) is 6.12. The Kier molecular flexibility index (Phi) is 43.0. The van der Waals surface area contributed by atoms with Crippen molar-refractivity contribution in [2.75, 3.05) is 6.61 Å². The molecule has 0 heterocycles. The zero-order valence-corrected chi connectivity index (χ0v) is 38.0. The molecule has 0 rings (SSSR count). The number of ether oxygens (including phenoxy) is 1. The Morgan fingerprint density at radius 1 is 0.500 bits per heavy atom. The molecule has 0 saturated carbocycles. The highest BCUT2D eigenvalue weighted by atomic mass is 16.5. The molecule has 0 aromatic rings. The number of hydrogen-bond donors (Lipinski definition) is 3. The van der Waals surface area contributed by atoms with Crippen molar-refractivity contribution in [1.82, 2.24) is 5.32 Å². The maximum Gasteiger partial charge on any atom is 0.306 e. The van der Waals surface area contributed by atoms with E-state index >= 15 is 0 Å². The van der Waals surface area contributed by atoms with Crippen LogP contribution in [0.4, 0.5) is 0 Å². The van der Waals surface area contributed by atoms with Gasteiger partial charge in [0.05, 0.1) is 25.2 Å². The zero-order chi connectivity index (χ0) is 43.8. The van der Waals surface area contributed by atoms with E-state index < -0.39 is 18.2 Å². The number of unbranched alkanes of at least 4 members (excludes halogenated alkanes) is 14. The Labute approximate surface area is 367 Å². The fraction of sp³-hybridized carbons (Fsp3) is 0.556. The van der Waals surface area contributed by atoms with Gasteiger partial charge < -0.3 is 20.3 Å². The number of hydrogen-bond acceptors (Lipinski definition) is 5. The van der Waals surface area contributed by atoms with Crippen LogP contribution in [0.2, 0.25) is 0 Å². The molecule has 6 heteroatoms. The van der Waals surface area contributed by atoms with Gasteiger partial charge in [0, 0.05) is 6.42 Å². The van der Waals surface area contributed by atoms with Gasteiger partial charge in [-0.1, -0.05) is 231 Å². The van der Waals surface area contributed by atoms with E-state index in [1.165, 1.54) is 51.4 Å². The van der Waals surface area contributed by atoms with Gasteiger partial charge in [0.15, 0.2) is 0 Å². The van der Waals surface area contributed by atoms with Crippen LogP contribution < -0.4 is 5.32 Å². The van der Waals surface area contributed by atoms with E-state index in [9.17, 15) is 19.8 Å². The summed E-state index contributed by atoms with van der Waals surface area (Å²) in [5, 5.41) is 23.6. The minimum absolute atomic E-state index is 0.000258. The molecule has 0 fully saturated rings. The number of carbonyl (C=O) groups excluding carboxylic acids is 2. The van der Waals surface area contributed by atoms with Crippen molar-refractivity contribution in [3.63, 3.8) is 0 Å². The number of amides is 1. The Morgan fingerprint density at radius 3 is 1.38 bits per heavy atom. The number of rotatable bonds is 39. The van der Waals surface area contributed by atoms with E-state index in [0.29, 0.717) is 19.3 Å². The van der Waals surface area contributed by atoms with Crippen molar-refractivity contribution < 1.29 is 24.5 Å². The molecule has 0 spiro atoms. The first kappa shape index (κ1) is 56.0. The molecule has 0 aliphatic heterocycles. The fourth-order valence-corrected chi connectivity index (χ4v) is 6.25. The van der Waals surface area contributed by atoms with Gasteiger partial charge in [0.25, 0.3) is 0 Å². The average molecular weight is 828 g/mol. The number of allylic oxidation sites excluding steroid dienone is 22. The maximum absolute atomic E-state index is 13.1. The predicted octanol–water partition coefficient (Wildman–Crippen LogP) is 13.9. The quantitative estimate of drug-likeness (QED) is 0.0326. The molecular weight excluding hydrogens is 743 g/mol. The van der Waals surface area contributed by atoms with Gasteiger partial charge in [-0.25, -0.2) is 0 Å². The molecule has 0 aliphatic rings. The molecule has 0 bridgehead atoms. The van der Waals surface area contributed by atoms with Crippen LogP contribution in [0.1, 0.15) is 168 Å². The molecule has 0 radical (unpaired) electrons. The van der Waals surface area contributed by atoms with Crippen molar-refractivity contribution in [3.8, 4) is 0 Å². The molecule has 0 aromatic heterocycles. The molecule has 0 aliphatic carbocycles. The topological polar surface area (TPSA) is 95.9 Å². The second-order valence-electron chi connectivity index (χ2n) is 15.3. The second-order valence-corrected chi connectivity index (χ2v) is 15.3. The molecule has 1 amide bonds. The summed E-state index contributed by atoms with van der Waals surface area (Å²) in [4.78, 5) is 26.0. The number of esters is 1. The maximum atomic E-state index is 13.1. The summed E-state index contributed by atoms with van der Waals surface area (Å²) in [5.74, 6) is -0.616. The normalized spacial score (nSPS) is 14.6. The molecule has 6 nitrogen and oxygen atoms in total. The molecule has 3 atom stereocenters. The largest absolute Gasteiger partial charge is 0.462 e. The molecule has 0 saturated heterocycles. The van der Waals surface area contributed by atoms with Crippen molar-refractivity contribution in [1.29, 1.82) is 0 Å². The van der Waals surface area contributed by atoms with Gasteiger partial charge in [-0.15, -0.1) is 0 Å². The average Bonchev–Trinajstić information content (AvgIpc) is 3.24. The van der Waals surface area contributed by atoms with Gasteiger partial charge in [0.1, 0.15) is 6.10 Å². The Bertz CT molecular complexity index is 1340. The van der Waals surface area contributed by atoms with Gasteiger partial charge in [0.2, 0.25) is 5.91 Å². The first-order valence-corrected chi connectivity index (χ1v) is 23.6. The third-order valence-corrected chi connectivity index (χ3v) is 9.76. The molecular formula is C54H85NO5. The molecule has 336 valence electrons. The van der Waals surface area contributed by atoms with Crippen molar-refractivity contribution in [3.05, 3.63) is 134 Å². The first-order chi connectivity index (χ1) is 29.5. The predicted molar refractivity (Wildman–Crippen MR) is 259 cm³/mol. The summed E-state index contributed by atoms with van der Waals surface area (Å²) in [5.41, 5.74) is 0. The minimum Gasteiger partial charge on any atom is -0.462 e. The Morgan fingerprint density at radius 2 is 0.917 bits per heavy atom. The lowest BCUT2D eigenvalue weighted by atomic mass is 10.0. The van der Waals surface area contributed by atoms with E-state index in [1.54, 1.807) is 0 Å². The first-order valence-electron chi connectivity index (χ1n) is 23.6. The van der Waals surface area contributed by atoms with Gasteiger partial charge in [-0.3, -0.25) is 9.59 Å². The highest BCUT2D eigenvalue weighted by Crippen LogP contribution is 2.16. The van der Waals surface area contributed by atoms with E-state index in [1.807, 2.05) is 109 Å². The van der Waals surface area contributed by atoms with Crippen LogP contribution in [0.15, 0.2) is 134 Å². The third-order valence-electron chi connectivity index (χ3n) is 9.76. The Hall–Kier alpha value is -4.00. The third kappa shape index (κ3) is 40.8. The van der Waals surface area contributed by atoms with Crippen LogP contribution >= 0.6 is 0 Å². The monoisotopic (exact) mass is 828 g/mol. The van der Waals surface area contributed by atoms with Crippen molar-refractivity contribution in [2.24, 2.45) is 0 Å². The summed E-state index contributed by atoms with van der Waals surface area (Å²) < 4.78 is 5.85. The summed E-state index contributed by atoms with van der Waals surface area (Å²) in [6.07, 6.45) is 65.1. The van der Waals surface area contributed by atoms with Crippen LogP contribution in [-0.2, 0) is 14.3 Å². The molecule has 3 unspecified atom stereocenters. The number of aliphatic hydroxyl groups excluding tert-OH is 2. The highest BCUT2D eigenvalue weighted by molar-refractivity contribution is 5.77. The van der Waals surface area contributed by atoms with E-state index in [4.69, 9.17) is 4.74 Å². The smallest absolute Gasteiger partial charge is 0.306 e. The van der Waals surface area contributed by atoms with E-state index in [-0.39, 0.29) is 24.9 Å². The fourth-order valence-electron chi connectivity index (χ4n) is 6.25. The van der Waals surface area contributed by atoms with E-state index in [2.05, 4.69) is 50.4 Å². The molecule has 0 aromatic carbocycles. The number of carbonyl (C=O) groups is 2. The van der Waals surface area contributed by atoms with Crippen LogP contribution in [0.3, 0.4) is 0 Å². The molecule has 60 heavy (non-hydrogen) atoms. The number of aliphatic hydroxyl groups is 2.